The molecule has 0 aliphatic carbocycles. The number of carbonyl (C=O) groups is 1. The van der Waals surface area contributed by atoms with Crippen LogP contribution in [0, 0.1) is 4.77 Å². The van der Waals surface area contributed by atoms with Crippen LogP contribution in [0.5, 0.6) is 0 Å². The lowest BCUT2D eigenvalue weighted by atomic mass is 10.5. The average Bonchev–Trinajstić information content (AvgIpc) is 2.50. The minimum Gasteiger partial charge on any atom is -0.344 e. The standard InChI is InChI=1S/C6H11N5OS/c1-3-10(2)5(12)4-11-6(13)7-8-9-11/h3-4H2,1-2H3,(H,7,9,13). The molecule has 1 amide bonds. The third-order valence-electron chi connectivity index (χ3n) is 1.73. The van der Waals surface area contributed by atoms with Gasteiger partial charge in [-0.05, 0) is 19.1 Å². The highest BCUT2D eigenvalue weighted by molar-refractivity contribution is 7.71. The van der Waals surface area contributed by atoms with E-state index in [-0.39, 0.29) is 17.2 Å². The zero-order valence-corrected chi connectivity index (χ0v) is 8.34. The van der Waals surface area contributed by atoms with E-state index in [0.717, 1.165) is 0 Å². The lowest BCUT2D eigenvalue weighted by Crippen LogP contribution is -2.30. The molecule has 6 nitrogen and oxygen atoms in total. The van der Waals surface area contributed by atoms with Crippen LogP contribution in [0.25, 0.3) is 0 Å². The van der Waals surface area contributed by atoms with Gasteiger partial charge in [-0.1, -0.05) is 10.3 Å². The zero-order valence-electron chi connectivity index (χ0n) is 7.52. The van der Waals surface area contributed by atoms with E-state index in [1.54, 1.807) is 11.9 Å². The van der Waals surface area contributed by atoms with Crippen molar-refractivity contribution in [2.45, 2.75) is 13.5 Å². The highest BCUT2D eigenvalue weighted by Crippen LogP contribution is 1.89. The summed E-state index contributed by atoms with van der Waals surface area (Å²) >= 11 is 4.81. The van der Waals surface area contributed by atoms with Crippen LogP contribution in [-0.4, -0.2) is 44.6 Å². The molecule has 0 aromatic carbocycles. The third-order valence-corrected chi connectivity index (χ3v) is 2.03. The topological polar surface area (TPSA) is 66.8 Å². The van der Waals surface area contributed by atoms with Crippen molar-refractivity contribution in [2.75, 3.05) is 13.6 Å². The van der Waals surface area contributed by atoms with Crippen LogP contribution in [-0.2, 0) is 11.3 Å². The summed E-state index contributed by atoms with van der Waals surface area (Å²) in [7, 11) is 1.73. The molecule has 0 saturated heterocycles. The van der Waals surface area contributed by atoms with E-state index in [0.29, 0.717) is 6.54 Å². The number of tetrazole rings is 1. The Balaban J connectivity index is 2.65. The van der Waals surface area contributed by atoms with E-state index >= 15 is 0 Å². The maximum Gasteiger partial charge on any atom is 0.244 e. The van der Waals surface area contributed by atoms with Crippen molar-refractivity contribution in [1.29, 1.82) is 0 Å². The first kappa shape index (κ1) is 9.85. The number of carbonyl (C=O) groups excluding carboxylic acids is 1. The van der Waals surface area contributed by atoms with Crippen molar-refractivity contribution < 1.29 is 4.79 Å². The largest absolute Gasteiger partial charge is 0.344 e. The van der Waals surface area contributed by atoms with Gasteiger partial charge >= 0.3 is 0 Å². The maximum atomic E-state index is 11.4. The Morgan fingerprint density at radius 3 is 2.92 bits per heavy atom. The molecule has 0 radical (unpaired) electrons. The number of hydrogen-bond acceptors (Lipinski definition) is 4. The smallest absolute Gasteiger partial charge is 0.244 e. The molecule has 1 rings (SSSR count). The highest BCUT2D eigenvalue weighted by atomic mass is 32.1. The van der Waals surface area contributed by atoms with Crippen molar-refractivity contribution in [1.82, 2.24) is 25.1 Å². The molecule has 0 unspecified atom stereocenters. The van der Waals surface area contributed by atoms with Crippen molar-refractivity contribution in [2.24, 2.45) is 0 Å². The van der Waals surface area contributed by atoms with Gasteiger partial charge in [-0.2, -0.15) is 5.21 Å². The van der Waals surface area contributed by atoms with E-state index < -0.39 is 0 Å². The van der Waals surface area contributed by atoms with Gasteiger partial charge in [0.15, 0.2) is 0 Å². The Labute approximate surface area is 80.5 Å². The van der Waals surface area contributed by atoms with Crippen LogP contribution in [0.15, 0.2) is 0 Å². The Kier molecular flexibility index (Phi) is 3.13. The van der Waals surface area contributed by atoms with Gasteiger partial charge in [0.1, 0.15) is 6.54 Å². The van der Waals surface area contributed by atoms with Crippen LogP contribution in [0.2, 0.25) is 0 Å². The molecule has 0 bridgehead atoms. The van der Waals surface area contributed by atoms with Crippen molar-refractivity contribution >= 4 is 18.1 Å². The first-order valence-electron chi connectivity index (χ1n) is 3.87. The molecule has 1 aromatic rings. The molecule has 0 aliphatic rings. The van der Waals surface area contributed by atoms with E-state index in [2.05, 4.69) is 15.5 Å². The van der Waals surface area contributed by atoms with Crippen LogP contribution < -0.4 is 0 Å². The minimum atomic E-state index is -0.0235. The first-order chi connectivity index (χ1) is 6.15. The lowest BCUT2D eigenvalue weighted by Gasteiger charge is -2.13. The fraction of sp³-hybridized carbons (Fsp3) is 0.667. The van der Waals surface area contributed by atoms with Crippen molar-refractivity contribution in [3.05, 3.63) is 4.77 Å². The number of rotatable bonds is 3. The first-order valence-corrected chi connectivity index (χ1v) is 4.27. The van der Waals surface area contributed by atoms with Gasteiger partial charge in [0.2, 0.25) is 10.7 Å². The van der Waals surface area contributed by atoms with Gasteiger partial charge in [0.05, 0.1) is 0 Å². The summed E-state index contributed by atoms with van der Waals surface area (Å²) in [6.45, 7) is 2.74. The van der Waals surface area contributed by atoms with Gasteiger partial charge < -0.3 is 4.90 Å². The molecule has 1 heterocycles. The Morgan fingerprint density at radius 1 is 1.77 bits per heavy atom. The summed E-state index contributed by atoms with van der Waals surface area (Å²) < 4.78 is 1.71. The fourth-order valence-electron chi connectivity index (χ4n) is 0.751. The number of likely N-dealkylation sites (N-methyl/N-ethyl adjacent to an activating group) is 1. The number of aromatic nitrogens is 4. The third kappa shape index (κ3) is 2.35. The summed E-state index contributed by atoms with van der Waals surface area (Å²) in [5.74, 6) is -0.0235. The van der Waals surface area contributed by atoms with E-state index in [1.165, 1.54) is 4.68 Å². The molecule has 13 heavy (non-hydrogen) atoms. The number of aromatic amines is 1. The van der Waals surface area contributed by atoms with Crippen LogP contribution in [0.3, 0.4) is 0 Å². The summed E-state index contributed by atoms with van der Waals surface area (Å²) in [5, 5.41) is 9.55. The van der Waals surface area contributed by atoms with Gasteiger partial charge in [-0.25, -0.2) is 4.68 Å². The summed E-state index contributed by atoms with van der Waals surface area (Å²) in [4.78, 5) is 13.0. The molecule has 0 spiro atoms. The maximum absolute atomic E-state index is 11.4. The molecule has 0 fully saturated rings. The Bertz CT molecular complexity index is 343. The highest BCUT2D eigenvalue weighted by Gasteiger charge is 2.08. The molecular weight excluding hydrogens is 190 g/mol. The van der Waals surface area contributed by atoms with Gasteiger partial charge in [0, 0.05) is 13.6 Å². The van der Waals surface area contributed by atoms with E-state index in [4.69, 9.17) is 12.2 Å². The van der Waals surface area contributed by atoms with Gasteiger partial charge in [0.25, 0.3) is 0 Å². The molecule has 0 saturated carbocycles. The predicted octanol–water partition coefficient (Wildman–Crippen LogP) is -0.186. The molecule has 0 aliphatic heterocycles. The summed E-state index contributed by atoms with van der Waals surface area (Å²) in [5.41, 5.74) is 0. The minimum absolute atomic E-state index is 0.0235. The molecule has 1 N–H and O–H groups in total. The molecule has 72 valence electrons. The van der Waals surface area contributed by atoms with Crippen molar-refractivity contribution in [3.8, 4) is 0 Å². The number of nitrogens with zero attached hydrogens (tertiary/aromatic N) is 4. The molecule has 0 atom stereocenters. The SMILES string of the molecule is CCN(C)C(=O)Cn1[nH]nnc1=S. The predicted molar refractivity (Wildman–Crippen MR) is 48.5 cm³/mol. The molecule has 7 heteroatoms. The van der Waals surface area contributed by atoms with Crippen LogP contribution in [0.4, 0.5) is 0 Å². The Morgan fingerprint density at radius 2 is 2.46 bits per heavy atom. The monoisotopic (exact) mass is 201 g/mol. The number of hydrogen-bond donors (Lipinski definition) is 1. The second-order valence-electron chi connectivity index (χ2n) is 2.58. The number of nitrogens with one attached hydrogen (secondary N) is 1. The summed E-state index contributed by atoms with van der Waals surface area (Å²) in [6.07, 6.45) is 0. The van der Waals surface area contributed by atoms with E-state index in [9.17, 15) is 4.79 Å². The Hall–Kier alpha value is -1.24. The normalized spacial score (nSPS) is 10.0. The van der Waals surface area contributed by atoms with Crippen LogP contribution >= 0.6 is 12.2 Å². The second kappa shape index (κ2) is 4.13. The van der Waals surface area contributed by atoms with Crippen molar-refractivity contribution in [3.63, 3.8) is 0 Å². The molecular formula is C6H11N5OS. The number of H-pyrrole nitrogens is 1. The fourth-order valence-corrected chi connectivity index (χ4v) is 0.897. The quantitative estimate of drug-likeness (QED) is 0.688. The van der Waals surface area contributed by atoms with Gasteiger partial charge in [-0.15, -0.1) is 0 Å². The average molecular weight is 201 g/mol. The lowest BCUT2D eigenvalue weighted by molar-refractivity contribution is -0.130. The van der Waals surface area contributed by atoms with Crippen LogP contribution in [0.1, 0.15) is 6.92 Å². The molecule has 1 aromatic heterocycles. The summed E-state index contributed by atoms with van der Waals surface area (Å²) in [6, 6.07) is 0. The van der Waals surface area contributed by atoms with E-state index in [1.807, 2.05) is 6.92 Å². The second-order valence-corrected chi connectivity index (χ2v) is 2.94. The van der Waals surface area contributed by atoms with Gasteiger partial charge in [-0.3, -0.25) is 4.79 Å². The zero-order chi connectivity index (χ0) is 9.84. The number of amides is 1.